The second-order valence-electron chi connectivity index (χ2n) is 34.5. The molecule has 0 aliphatic carbocycles. The van der Waals surface area contributed by atoms with Gasteiger partial charge in [-0.2, -0.15) is 0 Å². The third-order valence-corrected chi connectivity index (χ3v) is 27.0. The van der Waals surface area contributed by atoms with Gasteiger partial charge in [-0.05, 0) is 253 Å². The van der Waals surface area contributed by atoms with Crippen molar-refractivity contribution in [3.63, 3.8) is 0 Å². The molecule has 4 heteroatoms. The summed E-state index contributed by atoms with van der Waals surface area (Å²) in [7, 11) is 0. The summed E-state index contributed by atoms with van der Waals surface area (Å²) in [6.07, 6.45) is 8.79. The van der Waals surface area contributed by atoms with Gasteiger partial charge in [-0.15, -0.1) is 0 Å². The first-order valence-corrected chi connectivity index (χ1v) is 45.5. The van der Waals surface area contributed by atoms with Crippen LogP contribution in [-0.4, -0.2) is 18.3 Å². The van der Waals surface area contributed by atoms with Gasteiger partial charge in [0.2, 0.25) is 0 Å². The number of benzene rings is 22. The molecule has 0 N–H and O–H groups in total. The highest BCUT2D eigenvalue weighted by Gasteiger charge is 2.25. The number of fused-ring (bicyclic) bond motifs is 16. The summed E-state index contributed by atoms with van der Waals surface area (Å²) < 4.78 is 9.64. The van der Waals surface area contributed by atoms with E-state index in [2.05, 4.69) is 528 Å². The maximum absolute atomic E-state index is 2.44. The molecule has 0 unspecified atom stereocenters. The molecule has 4 nitrogen and oxygen atoms in total. The van der Waals surface area contributed by atoms with E-state index in [4.69, 9.17) is 0 Å². The van der Waals surface area contributed by atoms with Gasteiger partial charge in [-0.1, -0.05) is 388 Å². The monoisotopic (exact) mass is 1680 g/mol. The van der Waals surface area contributed by atoms with Crippen LogP contribution >= 0.6 is 0 Å². The van der Waals surface area contributed by atoms with Crippen molar-refractivity contribution < 1.29 is 0 Å². The molecular weight excluding hydrogens is 1590 g/mol. The molecule has 22 aromatic carbocycles. The Kier molecular flexibility index (Phi) is 18.9. The SMILES string of the molecule is C(=C\c1cccc(-c2ccc3c(-c4ccc(-n5c6ccccc6c6ccccc65)cc4)c4ccccc4c(-c4ccc(-n5c6ccccc6c6ccccc65)cc4)c3c2)c1)/c1ccccc1.C(=C\c1cccc(-c2ccc3c(-c4cccc(-n5c6ccccc6c6ccccc65)c4)c4ccccc4c(-c4cccc(-n5c6ccccc6c6ccccc65)c4)c3c2)c1)/c1ccccc1. The Balaban J connectivity index is 0.000000142. The minimum Gasteiger partial charge on any atom is -0.309 e. The summed E-state index contributed by atoms with van der Waals surface area (Å²) in [5, 5.41) is 19.9. The summed E-state index contributed by atoms with van der Waals surface area (Å²) >= 11 is 0. The molecule has 0 spiro atoms. The summed E-state index contributed by atoms with van der Waals surface area (Å²) in [6.45, 7) is 0. The molecule has 0 amide bonds. The number of para-hydroxylation sites is 8. The molecule has 0 saturated heterocycles. The van der Waals surface area contributed by atoms with Crippen LogP contribution in [0.15, 0.2) is 485 Å². The second-order valence-corrected chi connectivity index (χ2v) is 34.5. The van der Waals surface area contributed by atoms with E-state index >= 15 is 0 Å². The summed E-state index contributed by atoms with van der Waals surface area (Å²) in [5.74, 6) is 0. The van der Waals surface area contributed by atoms with Crippen LogP contribution in [0.5, 0.6) is 0 Å². The first-order valence-electron chi connectivity index (χ1n) is 45.5. The maximum Gasteiger partial charge on any atom is 0.0541 e. The smallest absolute Gasteiger partial charge is 0.0541 e. The zero-order chi connectivity index (χ0) is 87.1. The van der Waals surface area contributed by atoms with Crippen molar-refractivity contribution in [2.24, 2.45) is 0 Å². The van der Waals surface area contributed by atoms with Crippen molar-refractivity contribution >= 4 is 155 Å². The summed E-state index contributed by atoms with van der Waals surface area (Å²) in [6, 6.07) is 178. The quantitative estimate of drug-likeness (QED) is 0.0764. The van der Waals surface area contributed by atoms with Crippen molar-refractivity contribution in [3.05, 3.63) is 508 Å². The number of rotatable bonds is 14. The molecule has 4 aromatic heterocycles. The largest absolute Gasteiger partial charge is 0.309 e. The van der Waals surface area contributed by atoms with Crippen LogP contribution in [0.25, 0.3) is 244 Å². The molecule has 616 valence electrons. The van der Waals surface area contributed by atoms with E-state index in [1.54, 1.807) is 0 Å². The molecule has 0 aliphatic rings. The van der Waals surface area contributed by atoms with E-state index in [1.807, 2.05) is 0 Å². The first kappa shape index (κ1) is 76.9. The van der Waals surface area contributed by atoms with Crippen LogP contribution in [0.2, 0.25) is 0 Å². The normalized spacial score (nSPS) is 11.9. The van der Waals surface area contributed by atoms with Crippen LogP contribution in [0.3, 0.4) is 0 Å². The average molecular weight is 1680 g/mol. The maximum atomic E-state index is 2.44. The molecule has 26 aromatic rings. The second kappa shape index (κ2) is 32.5. The lowest BCUT2D eigenvalue weighted by Gasteiger charge is -2.20. The third-order valence-electron chi connectivity index (χ3n) is 27.0. The lowest BCUT2D eigenvalue weighted by atomic mass is 9.84. The fourth-order valence-corrected chi connectivity index (χ4v) is 21.1. The van der Waals surface area contributed by atoms with Crippen LogP contribution in [0.4, 0.5) is 0 Å². The molecule has 4 heterocycles. The summed E-state index contributed by atoms with van der Waals surface area (Å²) in [4.78, 5) is 0. The number of hydrogen-bond acceptors (Lipinski definition) is 0. The van der Waals surface area contributed by atoms with Crippen molar-refractivity contribution in [1.82, 2.24) is 18.3 Å². The lowest BCUT2D eigenvalue weighted by Crippen LogP contribution is -1.97. The fourth-order valence-electron chi connectivity index (χ4n) is 21.1. The zero-order valence-electron chi connectivity index (χ0n) is 72.3. The number of nitrogens with zero attached hydrogens (tertiary/aromatic N) is 4. The third kappa shape index (κ3) is 13.3. The van der Waals surface area contributed by atoms with Gasteiger partial charge in [0, 0.05) is 65.8 Å². The van der Waals surface area contributed by atoms with Crippen LogP contribution < -0.4 is 0 Å². The fraction of sp³-hybridized carbons (Fsp3) is 0. The van der Waals surface area contributed by atoms with E-state index in [1.165, 1.54) is 214 Å². The van der Waals surface area contributed by atoms with Crippen LogP contribution in [0, 0.1) is 0 Å². The van der Waals surface area contributed by atoms with Gasteiger partial charge < -0.3 is 18.3 Å². The highest BCUT2D eigenvalue weighted by molar-refractivity contribution is 6.25. The Morgan fingerprint density at radius 3 is 0.644 bits per heavy atom. The van der Waals surface area contributed by atoms with Gasteiger partial charge in [0.15, 0.2) is 0 Å². The molecule has 0 saturated carbocycles. The highest BCUT2D eigenvalue weighted by atomic mass is 15.0. The molecule has 26 rings (SSSR count). The van der Waals surface area contributed by atoms with E-state index < -0.39 is 0 Å². The Hall–Kier alpha value is -17.4. The van der Waals surface area contributed by atoms with Crippen LogP contribution in [-0.2, 0) is 0 Å². The average Bonchev–Trinajstić information content (AvgIpc) is 0.991. The Bertz CT molecular complexity index is 8910. The van der Waals surface area contributed by atoms with Crippen molar-refractivity contribution in [2.75, 3.05) is 0 Å². The lowest BCUT2D eigenvalue weighted by molar-refractivity contribution is 1.18. The predicted molar refractivity (Wildman–Crippen MR) is 564 cm³/mol. The first-order chi connectivity index (χ1) is 65.5. The van der Waals surface area contributed by atoms with Gasteiger partial charge in [-0.3, -0.25) is 0 Å². The molecule has 132 heavy (non-hydrogen) atoms. The molecule has 0 aliphatic heterocycles. The van der Waals surface area contributed by atoms with E-state index in [0.29, 0.717) is 0 Å². The predicted octanol–water partition coefficient (Wildman–Crippen LogP) is 34.7. The molecule has 0 radical (unpaired) electrons. The van der Waals surface area contributed by atoms with Crippen LogP contribution in [0.1, 0.15) is 22.3 Å². The topological polar surface area (TPSA) is 19.7 Å². The Labute approximate surface area is 764 Å². The molecular formula is C128H84N4. The Morgan fingerprint density at radius 1 is 0.114 bits per heavy atom. The minimum absolute atomic E-state index is 1.14. The standard InChI is InChI=1S/2C64H42N2/c1-2-17-43(18-3-1)35-36-44-19-14-20-45(39-44)46-37-38-57-58(42-46)64(48-22-16-24-50(41-48)66-61-33-12-8-27-53(61)54-28-9-13-34-62(54)66)56-30-5-4-29-55(56)63(57)47-21-15-23-49(40-47)65-59-31-10-6-25-51(59)52-26-7-11-32-60(52)65;1-2-15-43(16-3-1)29-30-44-17-14-18-47(41-44)48-35-40-57-58(42-48)64(46-33-38-50(39-34-46)66-61-27-12-8-21-53(61)54-22-9-13-28-62(54)66)56-24-5-4-23-55(56)63(57)45-31-36-49(37-32-45)65-59-25-10-6-19-51(59)52-20-7-11-26-60(52)65/h2*1-42H/b36-35+;30-29+. The Morgan fingerprint density at radius 2 is 0.326 bits per heavy atom. The van der Waals surface area contributed by atoms with Gasteiger partial charge in [0.25, 0.3) is 0 Å². The van der Waals surface area contributed by atoms with Gasteiger partial charge >= 0.3 is 0 Å². The molecule has 0 atom stereocenters. The molecule has 0 bridgehead atoms. The van der Waals surface area contributed by atoms with Gasteiger partial charge in [0.05, 0.1) is 44.1 Å². The van der Waals surface area contributed by atoms with Crippen molar-refractivity contribution in [2.45, 2.75) is 0 Å². The zero-order valence-corrected chi connectivity index (χ0v) is 72.3. The van der Waals surface area contributed by atoms with E-state index in [-0.39, 0.29) is 0 Å². The summed E-state index contributed by atoms with van der Waals surface area (Å²) in [5.41, 5.74) is 33.3. The molecule has 0 fully saturated rings. The van der Waals surface area contributed by atoms with E-state index in [9.17, 15) is 0 Å². The van der Waals surface area contributed by atoms with E-state index in [0.717, 1.165) is 28.3 Å². The van der Waals surface area contributed by atoms with Crippen molar-refractivity contribution in [3.8, 4) is 89.5 Å². The van der Waals surface area contributed by atoms with Crippen molar-refractivity contribution in [1.29, 1.82) is 0 Å². The van der Waals surface area contributed by atoms with Gasteiger partial charge in [-0.25, -0.2) is 0 Å². The minimum atomic E-state index is 1.14. The number of hydrogen-bond donors (Lipinski definition) is 0. The van der Waals surface area contributed by atoms with Gasteiger partial charge in [0.1, 0.15) is 0 Å². The number of aromatic nitrogens is 4. The highest BCUT2D eigenvalue weighted by Crippen LogP contribution is 2.50.